The minimum atomic E-state index is -4.26. The Kier molecular flexibility index (Phi) is 9.44. The molecule has 13 heteroatoms. The fourth-order valence-electron chi connectivity index (χ4n) is 4.37. The predicted molar refractivity (Wildman–Crippen MR) is 159 cm³/mol. The number of amides is 1. The van der Waals surface area contributed by atoms with Crippen LogP contribution in [-0.4, -0.2) is 83.4 Å². The van der Waals surface area contributed by atoms with Gasteiger partial charge >= 0.3 is 0 Å². The van der Waals surface area contributed by atoms with Crippen molar-refractivity contribution >= 4 is 43.8 Å². The van der Waals surface area contributed by atoms with Crippen LogP contribution in [0.3, 0.4) is 0 Å². The number of hydrogen-bond acceptors (Lipinski definition) is 8. The van der Waals surface area contributed by atoms with Crippen molar-refractivity contribution in [3.8, 4) is 0 Å². The summed E-state index contributed by atoms with van der Waals surface area (Å²) in [5.41, 5.74) is 2.30. The zero-order valence-corrected chi connectivity index (χ0v) is 24.9. The second-order valence-electron chi connectivity index (χ2n) is 10.3. The van der Waals surface area contributed by atoms with Gasteiger partial charge in [-0.25, -0.2) is 17.2 Å². The molecule has 10 nitrogen and oxygen atoms in total. The van der Waals surface area contributed by atoms with Crippen LogP contribution in [0, 0.1) is 11.6 Å². The molecule has 0 bridgehead atoms. The molecule has 0 fully saturated rings. The molecule has 0 aliphatic rings. The molecule has 1 atom stereocenters. The largest absolute Gasteiger partial charge is 0.383 e. The van der Waals surface area contributed by atoms with E-state index in [-0.39, 0.29) is 16.8 Å². The standard InChI is InChI=1S/C29H34F2N6O4S/c1-18(17-41-5)32-27-15-21(37(4)11-10-36(2)3)6-8-24(27)29(38)33-28-25-16-22(7-9-26(25)34-35-28)42(39,40)23-13-19(30)12-20(31)14-23/h6-9,12-16,18,32H,10-11,17H2,1-5H3,(H2,33,34,35,38)/t18-/m0/s1. The Morgan fingerprint density at radius 1 is 1.00 bits per heavy atom. The van der Waals surface area contributed by atoms with Crippen molar-refractivity contribution < 1.29 is 26.7 Å². The molecule has 42 heavy (non-hydrogen) atoms. The lowest BCUT2D eigenvalue weighted by Crippen LogP contribution is -2.29. The number of hydrogen-bond donors (Lipinski definition) is 3. The summed E-state index contributed by atoms with van der Waals surface area (Å²) in [5, 5.41) is 13.3. The van der Waals surface area contributed by atoms with Gasteiger partial charge in [0.1, 0.15) is 11.6 Å². The van der Waals surface area contributed by atoms with E-state index in [9.17, 15) is 22.0 Å². The highest BCUT2D eigenvalue weighted by atomic mass is 32.2. The van der Waals surface area contributed by atoms with Gasteiger partial charge in [0.25, 0.3) is 5.91 Å². The maximum absolute atomic E-state index is 13.8. The van der Waals surface area contributed by atoms with Gasteiger partial charge in [-0.2, -0.15) is 5.10 Å². The first kappa shape index (κ1) is 30.9. The molecule has 0 radical (unpaired) electrons. The van der Waals surface area contributed by atoms with Crippen molar-refractivity contribution in [2.45, 2.75) is 22.8 Å². The maximum Gasteiger partial charge on any atom is 0.258 e. The van der Waals surface area contributed by atoms with E-state index in [2.05, 4.69) is 30.6 Å². The Balaban J connectivity index is 1.66. The van der Waals surface area contributed by atoms with E-state index in [4.69, 9.17) is 4.74 Å². The van der Waals surface area contributed by atoms with Gasteiger partial charge in [0.15, 0.2) is 5.82 Å². The Morgan fingerprint density at radius 3 is 2.38 bits per heavy atom. The monoisotopic (exact) mass is 600 g/mol. The third kappa shape index (κ3) is 7.04. The SMILES string of the molecule is COC[C@H](C)Nc1cc(N(C)CCN(C)C)ccc1C(=O)Nc1n[nH]c2ccc(S(=O)(=O)c3cc(F)cc(F)c3)cc12. The van der Waals surface area contributed by atoms with Gasteiger partial charge in [-0.05, 0) is 69.6 Å². The van der Waals surface area contributed by atoms with Crippen molar-refractivity contribution in [1.82, 2.24) is 15.1 Å². The van der Waals surface area contributed by atoms with Crippen molar-refractivity contribution in [3.63, 3.8) is 0 Å². The Morgan fingerprint density at radius 2 is 1.71 bits per heavy atom. The normalized spacial score (nSPS) is 12.5. The molecule has 3 aromatic carbocycles. The lowest BCUT2D eigenvalue weighted by Gasteiger charge is -2.24. The summed E-state index contributed by atoms with van der Waals surface area (Å²) in [7, 11) is 3.30. The summed E-state index contributed by atoms with van der Waals surface area (Å²) < 4.78 is 59.1. The molecule has 4 aromatic rings. The van der Waals surface area contributed by atoms with Crippen LogP contribution in [0.4, 0.5) is 26.0 Å². The molecule has 0 saturated heterocycles. The first-order valence-electron chi connectivity index (χ1n) is 13.1. The summed E-state index contributed by atoms with van der Waals surface area (Å²) in [4.78, 5) is 17.0. The molecule has 1 amide bonds. The number of nitrogens with one attached hydrogen (secondary N) is 3. The number of anilines is 3. The number of halogens is 2. The fourth-order valence-corrected chi connectivity index (χ4v) is 5.70. The quantitative estimate of drug-likeness (QED) is 0.219. The second-order valence-corrected chi connectivity index (χ2v) is 12.2. The van der Waals surface area contributed by atoms with E-state index >= 15 is 0 Å². The highest BCUT2D eigenvalue weighted by Gasteiger charge is 2.23. The van der Waals surface area contributed by atoms with Crippen molar-refractivity contribution in [1.29, 1.82) is 0 Å². The van der Waals surface area contributed by atoms with E-state index in [1.165, 1.54) is 18.2 Å². The summed E-state index contributed by atoms with van der Waals surface area (Å²) in [6.07, 6.45) is 0. The Hall–Kier alpha value is -4.07. The zero-order valence-electron chi connectivity index (χ0n) is 24.0. The van der Waals surface area contributed by atoms with E-state index in [1.54, 1.807) is 13.2 Å². The smallest absolute Gasteiger partial charge is 0.258 e. The van der Waals surface area contributed by atoms with Crippen LogP contribution in [0.5, 0.6) is 0 Å². The molecule has 4 rings (SSSR count). The van der Waals surface area contributed by atoms with E-state index in [0.29, 0.717) is 34.8 Å². The molecule has 3 N–H and O–H groups in total. The van der Waals surface area contributed by atoms with E-state index in [1.807, 2.05) is 40.2 Å². The van der Waals surface area contributed by atoms with E-state index < -0.39 is 32.3 Å². The number of ether oxygens (including phenoxy) is 1. The first-order chi connectivity index (χ1) is 19.9. The van der Waals surface area contributed by atoms with Gasteiger partial charge in [-0.1, -0.05) is 0 Å². The van der Waals surface area contributed by atoms with Gasteiger partial charge in [0.2, 0.25) is 9.84 Å². The van der Waals surface area contributed by atoms with E-state index in [0.717, 1.165) is 30.9 Å². The zero-order chi connectivity index (χ0) is 30.6. The third-order valence-electron chi connectivity index (χ3n) is 6.61. The number of sulfone groups is 1. The first-order valence-corrected chi connectivity index (χ1v) is 14.6. The number of carbonyl (C=O) groups is 1. The topological polar surface area (TPSA) is 120 Å². The molecule has 0 aliphatic carbocycles. The van der Waals surface area contributed by atoms with Crippen LogP contribution in [0.25, 0.3) is 10.9 Å². The van der Waals surface area contributed by atoms with Crippen LogP contribution in [0.15, 0.2) is 64.4 Å². The minimum absolute atomic E-state index is 0.0977. The maximum atomic E-state index is 13.8. The summed E-state index contributed by atoms with van der Waals surface area (Å²) in [5.74, 6) is -2.39. The molecule has 224 valence electrons. The van der Waals surface area contributed by atoms with Gasteiger partial charge < -0.3 is 25.2 Å². The number of likely N-dealkylation sites (N-methyl/N-ethyl adjacent to an activating group) is 2. The van der Waals surface area contributed by atoms with Gasteiger partial charge in [0.05, 0.1) is 27.5 Å². The summed E-state index contributed by atoms with van der Waals surface area (Å²) in [6.45, 7) is 3.97. The average Bonchev–Trinajstić information content (AvgIpc) is 3.33. The number of benzene rings is 3. The van der Waals surface area contributed by atoms with Crippen LogP contribution < -0.4 is 15.5 Å². The molecule has 0 saturated carbocycles. The predicted octanol–water partition coefficient (Wildman–Crippen LogP) is 4.37. The highest BCUT2D eigenvalue weighted by Crippen LogP contribution is 2.30. The van der Waals surface area contributed by atoms with Gasteiger partial charge in [-0.15, -0.1) is 0 Å². The van der Waals surface area contributed by atoms with Crippen molar-refractivity contribution in [2.24, 2.45) is 0 Å². The van der Waals surface area contributed by atoms with Crippen LogP contribution in [-0.2, 0) is 14.6 Å². The van der Waals surface area contributed by atoms with Gasteiger partial charge in [-0.3, -0.25) is 9.89 Å². The van der Waals surface area contributed by atoms with Crippen LogP contribution >= 0.6 is 0 Å². The average molecular weight is 601 g/mol. The van der Waals surface area contributed by atoms with Crippen LogP contribution in [0.1, 0.15) is 17.3 Å². The molecular weight excluding hydrogens is 566 g/mol. The van der Waals surface area contributed by atoms with Gasteiger partial charge in [0, 0.05) is 56.1 Å². The number of methoxy groups -OCH3 is 1. The highest BCUT2D eigenvalue weighted by molar-refractivity contribution is 7.91. The van der Waals surface area contributed by atoms with Crippen LogP contribution in [0.2, 0.25) is 0 Å². The number of aromatic amines is 1. The third-order valence-corrected chi connectivity index (χ3v) is 8.34. The Labute approximate surface area is 243 Å². The number of carbonyl (C=O) groups excluding carboxylic acids is 1. The number of aromatic nitrogens is 2. The molecule has 0 aliphatic heterocycles. The van der Waals surface area contributed by atoms with Crippen molar-refractivity contribution in [2.75, 3.05) is 63.5 Å². The minimum Gasteiger partial charge on any atom is -0.383 e. The summed E-state index contributed by atoms with van der Waals surface area (Å²) in [6, 6.07) is 11.5. The molecule has 0 spiro atoms. The van der Waals surface area contributed by atoms with Crippen molar-refractivity contribution in [3.05, 3.63) is 71.8 Å². The number of fused-ring (bicyclic) bond motifs is 1. The summed E-state index contributed by atoms with van der Waals surface area (Å²) >= 11 is 0. The molecule has 1 aromatic heterocycles. The number of H-pyrrole nitrogens is 1. The Bertz CT molecular complexity index is 1670. The molecular formula is C29H34F2N6O4S. The fraction of sp³-hybridized carbons (Fsp3) is 0.310. The lowest BCUT2D eigenvalue weighted by atomic mass is 10.1. The molecule has 1 heterocycles. The second kappa shape index (κ2) is 12.8. The lowest BCUT2D eigenvalue weighted by molar-refractivity contribution is 0.102. The molecule has 0 unspecified atom stereocenters. The number of rotatable bonds is 12. The number of nitrogens with zero attached hydrogens (tertiary/aromatic N) is 3.